The Hall–Kier alpha value is -4.07. The molecule has 8 heteroatoms. The fourth-order valence-electron chi connectivity index (χ4n) is 2.43. The molecular weight excluding hydrogens is 386 g/mol. The largest absolute Gasteiger partial charge is 0.494 e. The number of anilines is 1. The van der Waals surface area contributed by atoms with Crippen molar-refractivity contribution in [3.63, 3.8) is 0 Å². The summed E-state index contributed by atoms with van der Waals surface area (Å²) in [5.74, 6) is 0.754. The van der Waals surface area contributed by atoms with E-state index in [9.17, 15) is 9.59 Å². The molecule has 3 aromatic rings. The minimum Gasteiger partial charge on any atom is -0.494 e. The van der Waals surface area contributed by atoms with E-state index in [1.54, 1.807) is 60.7 Å². The summed E-state index contributed by atoms with van der Waals surface area (Å²) < 4.78 is 15.8. The first kappa shape index (κ1) is 20.7. The predicted molar refractivity (Wildman–Crippen MR) is 112 cm³/mol. The van der Waals surface area contributed by atoms with Gasteiger partial charge < -0.3 is 19.2 Å². The Morgan fingerprint density at radius 3 is 2.37 bits per heavy atom. The van der Waals surface area contributed by atoms with Crippen LogP contribution in [0.1, 0.15) is 23.0 Å². The molecule has 0 aliphatic rings. The van der Waals surface area contributed by atoms with E-state index in [1.165, 1.54) is 12.5 Å². The number of furan rings is 1. The summed E-state index contributed by atoms with van der Waals surface area (Å²) >= 11 is 0. The Morgan fingerprint density at radius 1 is 1.00 bits per heavy atom. The molecule has 154 valence electrons. The lowest BCUT2D eigenvalue weighted by Gasteiger charge is -2.08. The number of nitrogens with one attached hydrogen (secondary N) is 2. The van der Waals surface area contributed by atoms with E-state index < -0.39 is 5.91 Å². The zero-order chi connectivity index (χ0) is 21.2. The normalized spacial score (nSPS) is 10.6. The summed E-state index contributed by atoms with van der Waals surface area (Å²) in [7, 11) is 0. The van der Waals surface area contributed by atoms with Gasteiger partial charge in [0.25, 0.3) is 5.91 Å². The van der Waals surface area contributed by atoms with Gasteiger partial charge in [0.2, 0.25) is 0 Å². The lowest BCUT2D eigenvalue weighted by atomic mass is 10.2. The molecule has 0 fully saturated rings. The number of hydrogen-bond donors (Lipinski definition) is 2. The molecule has 0 saturated carbocycles. The van der Waals surface area contributed by atoms with E-state index in [0.29, 0.717) is 18.0 Å². The minimum absolute atomic E-state index is 0.125. The Morgan fingerprint density at radius 2 is 1.70 bits per heavy atom. The SMILES string of the molecule is CCOc1ccc(NC(=O)COc2ccc(C=NNC(=O)c3ccco3)cc2)cc1. The summed E-state index contributed by atoms with van der Waals surface area (Å²) in [5.41, 5.74) is 3.78. The number of nitrogens with zero attached hydrogens (tertiary/aromatic N) is 1. The van der Waals surface area contributed by atoms with Gasteiger partial charge in [-0.2, -0.15) is 5.10 Å². The van der Waals surface area contributed by atoms with Gasteiger partial charge in [-0.3, -0.25) is 9.59 Å². The van der Waals surface area contributed by atoms with Gasteiger partial charge in [0.15, 0.2) is 12.4 Å². The van der Waals surface area contributed by atoms with Crippen molar-refractivity contribution >= 4 is 23.7 Å². The predicted octanol–water partition coefficient (Wildman–Crippen LogP) is 3.46. The van der Waals surface area contributed by atoms with Gasteiger partial charge in [-0.15, -0.1) is 0 Å². The van der Waals surface area contributed by atoms with Crippen LogP contribution in [0.25, 0.3) is 0 Å². The molecule has 1 aromatic heterocycles. The maximum atomic E-state index is 12.0. The number of rotatable bonds is 9. The van der Waals surface area contributed by atoms with Crippen LogP contribution in [0.2, 0.25) is 0 Å². The third-order valence-corrected chi connectivity index (χ3v) is 3.82. The van der Waals surface area contributed by atoms with E-state index in [4.69, 9.17) is 13.9 Å². The zero-order valence-electron chi connectivity index (χ0n) is 16.3. The van der Waals surface area contributed by atoms with Crippen molar-refractivity contribution in [2.45, 2.75) is 6.92 Å². The number of benzene rings is 2. The van der Waals surface area contributed by atoms with Crippen LogP contribution in [0, 0.1) is 0 Å². The van der Waals surface area contributed by atoms with Crippen molar-refractivity contribution in [1.29, 1.82) is 0 Å². The monoisotopic (exact) mass is 407 g/mol. The van der Waals surface area contributed by atoms with Crippen LogP contribution >= 0.6 is 0 Å². The average Bonchev–Trinajstić information content (AvgIpc) is 3.30. The molecule has 0 aliphatic carbocycles. The lowest BCUT2D eigenvalue weighted by Crippen LogP contribution is -2.20. The van der Waals surface area contributed by atoms with Crippen LogP contribution in [-0.2, 0) is 4.79 Å². The zero-order valence-corrected chi connectivity index (χ0v) is 16.3. The molecule has 0 aliphatic heterocycles. The highest BCUT2D eigenvalue weighted by Gasteiger charge is 2.06. The van der Waals surface area contributed by atoms with Crippen molar-refractivity contribution in [2.75, 3.05) is 18.5 Å². The molecule has 8 nitrogen and oxygen atoms in total. The molecular formula is C22H21N3O5. The van der Waals surface area contributed by atoms with Gasteiger partial charge in [0.05, 0.1) is 19.1 Å². The lowest BCUT2D eigenvalue weighted by molar-refractivity contribution is -0.118. The van der Waals surface area contributed by atoms with Crippen molar-refractivity contribution in [1.82, 2.24) is 5.43 Å². The summed E-state index contributed by atoms with van der Waals surface area (Å²) in [6.45, 7) is 2.37. The molecule has 2 aromatic carbocycles. The molecule has 0 atom stereocenters. The third-order valence-electron chi connectivity index (χ3n) is 3.82. The van der Waals surface area contributed by atoms with Crippen LogP contribution in [0.4, 0.5) is 5.69 Å². The van der Waals surface area contributed by atoms with Crippen molar-refractivity contribution in [2.24, 2.45) is 5.10 Å². The van der Waals surface area contributed by atoms with Crippen LogP contribution < -0.4 is 20.2 Å². The summed E-state index contributed by atoms with van der Waals surface area (Å²) in [6.07, 6.45) is 2.90. The maximum absolute atomic E-state index is 12.0. The first-order valence-corrected chi connectivity index (χ1v) is 9.26. The average molecular weight is 407 g/mol. The molecule has 0 bridgehead atoms. The fourth-order valence-corrected chi connectivity index (χ4v) is 2.43. The van der Waals surface area contributed by atoms with E-state index in [-0.39, 0.29) is 18.3 Å². The molecule has 0 saturated heterocycles. The van der Waals surface area contributed by atoms with Gasteiger partial charge in [-0.25, -0.2) is 5.43 Å². The number of ether oxygens (including phenoxy) is 2. The Bertz CT molecular complexity index is 981. The van der Waals surface area contributed by atoms with Crippen LogP contribution in [0.15, 0.2) is 76.4 Å². The molecule has 0 radical (unpaired) electrons. The Kier molecular flexibility index (Phi) is 7.21. The second-order valence-corrected chi connectivity index (χ2v) is 6.04. The third kappa shape index (κ3) is 6.23. The van der Waals surface area contributed by atoms with Crippen molar-refractivity contribution in [3.05, 3.63) is 78.3 Å². The summed E-state index contributed by atoms with van der Waals surface area (Å²) in [4.78, 5) is 23.7. The second kappa shape index (κ2) is 10.5. The summed E-state index contributed by atoms with van der Waals surface area (Å²) in [6, 6.07) is 17.2. The highest BCUT2D eigenvalue weighted by Crippen LogP contribution is 2.16. The Labute approximate surface area is 173 Å². The standard InChI is InChI=1S/C22H21N3O5/c1-2-28-18-11-7-17(8-12-18)24-21(26)15-30-19-9-5-16(6-10-19)14-23-25-22(27)20-4-3-13-29-20/h3-14H,2,15H2,1H3,(H,24,26)(H,25,27). The highest BCUT2D eigenvalue weighted by molar-refractivity contribution is 5.92. The van der Waals surface area contributed by atoms with Crippen molar-refractivity contribution in [3.8, 4) is 11.5 Å². The first-order chi connectivity index (χ1) is 14.6. The number of hydrogen-bond acceptors (Lipinski definition) is 6. The van der Waals surface area contributed by atoms with E-state index in [2.05, 4.69) is 15.8 Å². The van der Waals surface area contributed by atoms with Gasteiger partial charge in [0.1, 0.15) is 11.5 Å². The number of hydrazone groups is 1. The quantitative estimate of drug-likeness (QED) is 0.418. The molecule has 0 spiro atoms. The second-order valence-electron chi connectivity index (χ2n) is 6.04. The number of carbonyl (C=O) groups is 2. The minimum atomic E-state index is -0.435. The van der Waals surface area contributed by atoms with Gasteiger partial charge in [-0.05, 0) is 73.2 Å². The van der Waals surface area contributed by atoms with Gasteiger partial charge in [-0.1, -0.05) is 0 Å². The Balaban J connectivity index is 1.43. The molecule has 2 N–H and O–H groups in total. The molecule has 0 unspecified atom stereocenters. The number of carbonyl (C=O) groups excluding carboxylic acids is 2. The van der Waals surface area contributed by atoms with Gasteiger partial charge >= 0.3 is 5.91 Å². The molecule has 30 heavy (non-hydrogen) atoms. The molecule has 1 heterocycles. The maximum Gasteiger partial charge on any atom is 0.307 e. The smallest absolute Gasteiger partial charge is 0.307 e. The molecule has 2 amide bonds. The van der Waals surface area contributed by atoms with Crippen LogP contribution in [0.5, 0.6) is 11.5 Å². The highest BCUT2D eigenvalue weighted by atomic mass is 16.5. The topological polar surface area (TPSA) is 102 Å². The van der Waals surface area contributed by atoms with E-state index in [0.717, 1.165) is 11.3 Å². The molecule has 3 rings (SSSR count). The first-order valence-electron chi connectivity index (χ1n) is 9.26. The van der Waals surface area contributed by atoms with Crippen molar-refractivity contribution < 1.29 is 23.5 Å². The van der Waals surface area contributed by atoms with E-state index in [1.807, 2.05) is 6.92 Å². The van der Waals surface area contributed by atoms with Crippen LogP contribution in [-0.4, -0.2) is 31.2 Å². The van der Waals surface area contributed by atoms with Crippen LogP contribution in [0.3, 0.4) is 0 Å². The van der Waals surface area contributed by atoms with E-state index >= 15 is 0 Å². The number of amides is 2. The summed E-state index contributed by atoms with van der Waals surface area (Å²) in [5, 5.41) is 6.62. The fraction of sp³-hybridized carbons (Fsp3) is 0.136. The van der Waals surface area contributed by atoms with Gasteiger partial charge in [0, 0.05) is 5.69 Å².